The van der Waals surface area contributed by atoms with Crippen molar-refractivity contribution in [3.8, 4) is 11.5 Å². The van der Waals surface area contributed by atoms with Crippen molar-refractivity contribution < 1.29 is 42.5 Å². The number of phenols is 1. The fourth-order valence-electron chi connectivity index (χ4n) is 4.32. The van der Waals surface area contributed by atoms with Crippen molar-refractivity contribution in [2.24, 2.45) is 0 Å². The summed E-state index contributed by atoms with van der Waals surface area (Å²) in [6.07, 6.45) is 11.1. The topological polar surface area (TPSA) is 144 Å². The Hall–Kier alpha value is -4.22. The number of benzene rings is 1. The number of aromatic hydroxyl groups is 1. The average Bonchev–Trinajstić information content (AvgIpc) is 3.20. The number of hydrogen-bond donors (Lipinski definition) is 3. The number of sulfonamides is 1. The van der Waals surface area contributed by atoms with E-state index in [1.165, 1.54) is 16.9 Å². The fourth-order valence-corrected chi connectivity index (χ4v) is 5.98. The Labute approximate surface area is 239 Å². The Morgan fingerprint density at radius 1 is 1.15 bits per heavy atom. The van der Waals surface area contributed by atoms with E-state index in [2.05, 4.69) is 12.3 Å². The summed E-state index contributed by atoms with van der Waals surface area (Å²) in [6.45, 7) is 6.21. The number of carbonyl (C=O) groups is 1. The Morgan fingerprint density at radius 3 is 2.44 bits per heavy atom. The molecule has 2 aliphatic rings. The highest BCUT2D eigenvalue weighted by molar-refractivity contribution is 7.89. The van der Waals surface area contributed by atoms with E-state index in [-0.39, 0.29) is 24.9 Å². The molecule has 1 heterocycles. The predicted molar refractivity (Wildman–Crippen MR) is 151 cm³/mol. The van der Waals surface area contributed by atoms with Crippen molar-refractivity contribution >= 4 is 15.9 Å². The van der Waals surface area contributed by atoms with E-state index < -0.39 is 32.1 Å². The first-order chi connectivity index (χ1) is 19.6. The van der Waals surface area contributed by atoms with Gasteiger partial charge < -0.3 is 24.1 Å². The average molecular weight is 587 g/mol. The first-order valence-electron chi connectivity index (χ1n) is 12.6. The lowest BCUT2D eigenvalue weighted by Gasteiger charge is -2.32. The Bertz CT molecular complexity index is 1470. The SMILES string of the molecule is C=C(/C=C\C(=C/C)OC1CCN(S(=O)(=O)c2ccc(O)c(OC)c2C(=O)NO)CC1)C1=CC(OC)=C=CC=C1OC. The zero-order chi connectivity index (χ0) is 30.2. The highest BCUT2D eigenvalue weighted by Crippen LogP contribution is 2.36. The molecule has 11 nitrogen and oxygen atoms in total. The first kappa shape index (κ1) is 31.3. The van der Waals surface area contributed by atoms with E-state index in [1.54, 1.807) is 50.7 Å². The van der Waals surface area contributed by atoms with Crippen molar-refractivity contribution in [1.82, 2.24) is 9.79 Å². The minimum Gasteiger partial charge on any atom is -0.504 e. The van der Waals surface area contributed by atoms with Crippen LogP contribution in [0.4, 0.5) is 0 Å². The van der Waals surface area contributed by atoms with Crippen molar-refractivity contribution in [2.45, 2.75) is 30.8 Å². The van der Waals surface area contributed by atoms with Crippen LogP contribution >= 0.6 is 0 Å². The fraction of sp³-hybridized carbons (Fsp3) is 0.310. The Kier molecular flexibility index (Phi) is 10.6. The van der Waals surface area contributed by atoms with Gasteiger partial charge in [0.1, 0.15) is 23.2 Å². The third kappa shape index (κ3) is 7.11. The summed E-state index contributed by atoms with van der Waals surface area (Å²) in [4.78, 5) is 11.9. The summed E-state index contributed by atoms with van der Waals surface area (Å²) in [7, 11) is 0.119. The number of hydrogen-bond acceptors (Lipinski definition) is 9. The molecule has 1 aliphatic carbocycles. The maximum atomic E-state index is 13.5. The number of rotatable bonds is 11. The molecule has 0 radical (unpaired) electrons. The number of hydroxylamine groups is 1. The van der Waals surface area contributed by atoms with Gasteiger partial charge in [0.15, 0.2) is 17.3 Å². The van der Waals surface area contributed by atoms with Gasteiger partial charge in [-0.2, -0.15) is 4.31 Å². The third-order valence-corrected chi connectivity index (χ3v) is 8.41. The van der Waals surface area contributed by atoms with Gasteiger partial charge in [-0.15, -0.1) is 0 Å². The summed E-state index contributed by atoms with van der Waals surface area (Å²) in [5, 5.41) is 19.2. The van der Waals surface area contributed by atoms with Crippen LogP contribution in [0.3, 0.4) is 0 Å². The first-order valence-corrected chi connectivity index (χ1v) is 14.1. The van der Waals surface area contributed by atoms with Crippen LogP contribution in [0.2, 0.25) is 0 Å². The zero-order valence-electron chi connectivity index (χ0n) is 23.3. The van der Waals surface area contributed by atoms with E-state index in [0.29, 0.717) is 35.7 Å². The molecule has 0 spiro atoms. The number of allylic oxidation sites excluding steroid dienone is 6. The van der Waals surface area contributed by atoms with Crippen molar-refractivity contribution in [3.63, 3.8) is 0 Å². The van der Waals surface area contributed by atoms with Crippen LogP contribution < -0.4 is 10.2 Å². The molecule has 0 aromatic heterocycles. The Balaban J connectivity index is 1.70. The maximum Gasteiger partial charge on any atom is 0.279 e. The normalized spacial score (nSPS) is 16.8. The molecule has 1 aliphatic heterocycles. The molecule has 1 amide bonds. The monoisotopic (exact) mass is 586 g/mol. The number of ether oxygens (including phenoxy) is 4. The van der Waals surface area contributed by atoms with Crippen LogP contribution in [-0.4, -0.2) is 69.5 Å². The van der Waals surface area contributed by atoms with Gasteiger partial charge in [0.2, 0.25) is 10.0 Å². The van der Waals surface area contributed by atoms with Crippen LogP contribution in [0.15, 0.2) is 94.2 Å². The number of nitrogens with one attached hydrogen (secondary N) is 1. The van der Waals surface area contributed by atoms with E-state index >= 15 is 0 Å². The van der Waals surface area contributed by atoms with Crippen molar-refractivity contribution in [3.05, 3.63) is 94.9 Å². The minimum absolute atomic E-state index is 0.123. The highest BCUT2D eigenvalue weighted by atomic mass is 32.2. The van der Waals surface area contributed by atoms with Gasteiger partial charge in [-0.3, -0.25) is 10.0 Å². The molecule has 3 rings (SSSR count). The predicted octanol–water partition coefficient (Wildman–Crippen LogP) is 3.86. The van der Waals surface area contributed by atoms with E-state index in [4.69, 9.17) is 24.2 Å². The maximum absolute atomic E-state index is 13.5. The van der Waals surface area contributed by atoms with Gasteiger partial charge >= 0.3 is 0 Å². The molecule has 1 fully saturated rings. The van der Waals surface area contributed by atoms with E-state index in [9.17, 15) is 18.3 Å². The van der Waals surface area contributed by atoms with Gasteiger partial charge in [-0.1, -0.05) is 18.4 Å². The number of amides is 1. The molecule has 0 saturated carbocycles. The summed E-state index contributed by atoms with van der Waals surface area (Å²) in [5.74, 6) is -0.225. The molecule has 1 aromatic rings. The van der Waals surface area contributed by atoms with Crippen LogP contribution in [0, 0.1) is 0 Å². The number of nitrogens with zero attached hydrogens (tertiary/aromatic N) is 1. The third-order valence-electron chi connectivity index (χ3n) is 6.47. The number of carbonyl (C=O) groups excluding carboxylic acids is 1. The Morgan fingerprint density at radius 2 is 1.85 bits per heavy atom. The lowest BCUT2D eigenvalue weighted by atomic mass is 10.0. The van der Waals surface area contributed by atoms with E-state index in [1.807, 2.05) is 6.92 Å². The van der Waals surface area contributed by atoms with Gasteiger partial charge in [-0.05, 0) is 67.9 Å². The smallest absolute Gasteiger partial charge is 0.279 e. The molecule has 41 heavy (non-hydrogen) atoms. The summed E-state index contributed by atoms with van der Waals surface area (Å²) in [6, 6.07) is 2.22. The molecule has 1 aromatic carbocycles. The van der Waals surface area contributed by atoms with Crippen LogP contribution in [0.1, 0.15) is 30.1 Å². The standard InChI is InChI=1S/C29H34N2O9S/c1-6-20(11-10-19(2)23-18-22(37-3)8-7-9-25(23)38-4)40-21-14-16-31(17-15-21)41(35,36)26-13-12-24(32)28(39-5)27(26)29(33)30-34/h6-7,9-13,18,21,32,34H,2,14-17H2,1,3-5H3,(H,30,33)/b11-10-,20-6+. The zero-order valence-corrected chi connectivity index (χ0v) is 24.2. The van der Waals surface area contributed by atoms with Gasteiger partial charge in [-0.25, -0.2) is 13.9 Å². The molecule has 0 bridgehead atoms. The minimum atomic E-state index is -4.17. The molecule has 12 heteroatoms. The number of methoxy groups -OCH3 is 3. The molecule has 0 unspecified atom stereocenters. The number of piperidine rings is 1. The van der Waals surface area contributed by atoms with Crippen LogP contribution in [0.5, 0.6) is 11.5 Å². The highest BCUT2D eigenvalue weighted by Gasteiger charge is 2.35. The second-order valence-corrected chi connectivity index (χ2v) is 10.8. The van der Waals surface area contributed by atoms with Gasteiger partial charge in [0, 0.05) is 18.7 Å². The second-order valence-electron chi connectivity index (χ2n) is 8.88. The van der Waals surface area contributed by atoms with Crippen LogP contribution in [0.25, 0.3) is 0 Å². The second kappa shape index (κ2) is 13.9. The molecule has 0 atom stereocenters. The summed E-state index contributed by atoms with van der Waals surface area (Å²) in [5.41, 5.74) is 5.29. The lowest BCUT2D eigenvalue weighted by molar-refractivity contribution is 0.0696. The molecule has 3 N–H and O–H groups in total. The number of phenolic OH excluding ortho intramolecular Hbond substituents is 1. The molecular weight excluding hydrogens is 552 g/mol. The van der Waals surface area contributed by atoms with E-state index in [0.717, 1.165) is 17.7 Å². The quantitative estimate of drug-likeness (QED) is 0.116. The van der Waals surface area contributed by atoms with Crippen molar-refractivity contribution in [2.75, 3.05) is 34.4 Å². The summed E-state index contributed by atoms with van der Waals surface area (Å²) >= 11 is 0. The van der Waals surface area contributed by atoms with Gasteiger partial charge in [0.05, 0.1) is 26.2 Å². The van der Waals surface area contributed by atoms with Crippen molar-refractivity contribution in [1.29, 1.82) is 0 Å². The molecule has 220 valence electrons. The van der Waals surface area contributed by atoms with Gasteiger partial charge in [0.25, 0.3) is 5.91 Å². The largest absolute Gasteiger partial charge is 0.504 e. The van der Waals surface area contributed by atoms with Crippen LogP contribution in [-0.2, 0) is 24.2 Å². The molecule has 1 saturated heterocycles. The summed E-state index contributed by atoms with van der Waals surface area (Å²) < 4.78 is 50.1. The lowest BCUT2D eigenvalue weighted by Crippen LogP contribution is -2.41. The molecular formula is C29H34N2O9S.